The largest absolute Gasteiger partial charge is 0.392 e. The van der Waals surface area contributed by atoms with Crippen LogP contribution in [-0.4, -0.2) is 22.9 Å². The third-order valence-corrected chi connectivity index (χ3v) is 1.92. The van der Waals surface area contributed by atoms with Crippen LogP contribution in [-0.2, 0) is 6.54 Å². The molecule has 1 atom stereocenters. The summed E-state index contributed by atoms with van der Waals surface area (Å²) >= 11 is 0. The number of nitrogens with one attached hydrogen (secondary N) is 1. The number of aryl methyl sites for hydroxylation is 2. The lowest BCUT2D eigenvalue weighted by atomic mass is 10.2. The summed E-state index contributed by atoms with van der Waals surface area (Å²) in [4.78, 5) is 0. The highest BCUT2D eigenvalue weighted by molar-refractivity contribution is 5.20. The van der Waals surface area contributed by atoms with Crippen LogP contribution in [0.1, 0.15) is 23.9 Å². The van der Waals surface area contributed by atoms with Crippen LogP contribution in [0.4, 0.5) is 0 Å². The summed E-state index contributed by atoms with van der Waals surface area (Å²) in [6.45, 7) is 6.84. The van der Waals surface area contributed by atoms with E-state index in [0.29, 0.717) is 13.1 Å². The summed E-state index contributed by atoms with van der Waals surface area (Å²) in [5.74, 6) is 0.843. The maximum Gasteiger partial charge on any atom is 0.138 e. The van der Waals surface area contributed by atoms with E-state index in [4.69, 9.17) is 9.63 Å². The Bertz CT molecular complexity index is 249. The Balaban J connectivity index is 2.44. The standard InChI is InChI=1S/C9H16N2O2/c1-6(12)4-10-5-9-7(2)11-13-8(9)3/h6,10,12H,4-5H2,1-3H3/t6-/m0/s1. The van der Waals surface area contributed by atoms with Crippen LogP contribution < -0.4 is 5.32 Å². The van der Waals surface area contributed by atoms with Gasteiger partial charge in [0.15, 0.2) is 0 Å². The molecule has 1 rings (SSSR count). The van der Waals surface area contributed by atoms with Crippen molar-refractivity contribution in [1.29, 1.82) is 0 Å². The van der Waals surface area contributed by atoms with Crippen LogP contribution in [0.5, 0.6) is 0 Å². The van der Waals surface area contributed by atoms with Gasteiger partial charge in [-0.15, -0.1) is 0 Å². The van der Waals surface area contributed by atoms with Crippen molar-refractivity contribution in [3.63, 3.8) is 0 Å². The molecule has 0 radical (unpaired) electrons. The van der Waals surface area contributed by atoms with Gasteiger partial charge in [-0.2, -0.15) is 0 Å². The lowest BCUT2D eigenvalue weighted by Crippen LogP contribution is -2.24. The van der Waals surface area contributed by atoms with Gasteiger partial charge in [-0.05, 0) is 20.8 Å². The molecule has 4 heteroatoms. The van der Waals surface area contributed by atoms with Crippen LogP contribution in [0.15, 0.2) is 4.52 Å². The van der Waals surface area contributed by atoms with Crippen molar-refractivity contribution < 1.29 is 9.63 Å². The van der Waals surface area contributed by atoms with E-state index in [2.05, 4.69) is 10.5 Å². The lowest BCUT2D eigenvalue weighted by molar-refractivity contribution is 0.191. The molecule has 0 spiro atoms. The van der Waals surface area contributed by atoms with E-state index >= 15 is 0 Å². The van der Waals surface area contributed by atoms with E-state index in [1.54, 1.807) is 6.92 Å². The number of hydrogen-bond acceptors (Lipinski definition) is 4. The smallest absolute Gasteiger partial charge is 0.138 e. The SMILES string of the molecule is Cc1noc(C)c1CNC[C@H](C)O. The van der Waals surface area contributed by atoms with Crippen molar-refractivity contribution in [2.45, 2.75) is 33.4 Å². The molecule has 1 heterocycles. The Kier molecular flexibility index (Phi) is 3.45. The second kappa shape index (κ2) is 4.39. The van der Waals surface area contributed by atoms with Gasteiger partial charge in [0.2, 0.25) is 0 Å². The zero-order valence-electron chi connectivity index (χ0n) is 8.29. The van der Waals surface area contributed by atoms with E-state index in [9.17, 15) is 0 Å². The van der Waals surface area contributed by atoms with Gasteiger partial charge in [-0.1, -0.05) is 5.16 Å². The van der Waals surface area contributed by atoms with Crippen LogP contribution in [0.2, 0.25) is 0 Å². The van der Waals surface area contributed by atoms with Gasteiger partial charge >= 0.3 is 0 Å². The van der Waals surface area contributed by atoms with Crippen molar-refractivity contribution in [3.05, 3.63) is 17.0 Å². The van der Waals surface area contributed by atoms with Gasteiger partial charge in [0.25, 0.3) is 0 Å². The number of rotatable bonds is 4. The van der Waals surface area contributed by atoms with E-state index in [-0.39, 0.29) is 6.10 Å². The first-order chi connectivity index (χ1) is 6.11. The van der Waals surface area contributed by atoms with Gasteiger partial charge in [-0.3, -0.25) is 0 Å². The molecule has 0 bridgehead atoms. The van der Waals surface area contributed by atoms with Crippen molar-refractivity contribution >= 4 is 0 Å². The Morgan fingerprint density at radius 2 is 2.23 bits per heavy atom. The fourth-order valence-electron chi connectivity index (χ4n) is 1.16. The molecule has 74 valence electrons. The molecular weight excluding hydrogens is 168 g/mol. The first-order valence-corrected chi connectivity index (χ1v) is 4.41. The molecule has 4 nitrogen and oxygen atoms in total. The molecule has 0 aromatic carbocycles. The topological polar surface area (TPSA) is 58.3 Å². The van der Waals surface area contributed by atoms with Crippen LogP contribution in [0.25, 0.3) is 0 Å². The summed E-state index contributed by atoms with van der Waals surface area (Å²) in [5.41, 5.74) is 2.00. The highest BCUT2D eigenvalue weighted by Crippen LogP contribution is 2.11. The summed E-state index contributed by atoms with van der Waals surface area (Å²) in [5, 5.41) is 16.0. The fraction of sp³-hybridized carbons (Fsp3) is 0.667. The summed E-state index contributed by atoms with van der Waals surface area (Å²) < 4.78 is 5.00. The fourth-order valence-corrected chi connectivity index (χ4v) is 1.16. The minimum atomic E-state index is -0.319. The summed E-state index contributed by atoms with van der Waals surface area (Å²) in [6.07, 6.45) is -0.319. The molecule has 0 aliphatic heterocycles. The normalized spacial score (nSPS) is 13.2. The predicted molar refractivity (Wildman–Crippen MR) is 49.4 cm³/mol. The molecule has 0 saturated carbocycles. The second-order valence-electron chi connectivity index (χ2n) is 3.28. The zero-order chi connectivity index (χ0) is 9.84. The Morgan fingerprint density at radius 1 is 1.54 bits per heavy atom. The first kappa shape index (κ1) is 10.2. The number of hydrogen-bond donors (Lipinski definition) is 2. The molecule has 0 aliphatic carbocycles. The zero-order valence-corrected chi connectivity index (χ0v) is 8.29. The summed E-state index contributed by atoms with van der Waals surface area (Å²) in [7, 11) is 0. The van der Waals surface area contributed by atoms with Gasteiger partial charge in [0, 0.05) is 18.7 Å². The molecule has 0 saturated heterocycles. The molecule has 0 aliphatic rings. The van der Waals surface area contributed by atoms with E-state index in [0.717, 1.165) is 17.0 Å². The van der Waals surface area contributed by atoms with Crippen molar-refractivity contribution in [3.8, 4) is 0 Å². The van der Waals surface area contributed by atoms with Crippen molar-refractivity contribution in [2.24, 2.45) is 0 Å². The molecule has 13 heavy (non-hydrogen) atoms. The van der Waals surface area contributed by atoms with Crippen LogP contribution >= 0.6 is 0 Å². The van der Waals surface area contributed by atoms with E-state index in [1.165, 1.54) is 0 Å². The molecule has 2 N–H and O–H groups in total. The van der Waals surface area contributed by atoms with Gasteiger partial charge in [0.1, 0.15) is 5.76 Å². The second-order valence-corrected chi connectivity index (χ2v) is 3.28. The minimum Gasteiger partial charge on any atom is -0.392 e. The average Bonchev–Trinajstić information content (AvgIpc) is 2.34. The van der Waals surface area contributed by atoms with Crippen molar-refractivity contribution in [1.82, 2.24) is 10.5 Å². The Hall–Kier alpha value is -0.870. The van der Waals surface area contributed by atoms with Crippen LogP contribution in [0, 0.1) is 13.8 Å². The van der Waals surface area contributed by atoms with Gasteiger partial charge in [-0.25, -0.2) is 0 Å². The van der Waals surface area contributed by atoms with Crippen molar-refractivity contribution in [2.75, 3.05) is 6.54 Å². The maximum atomic E-state index is 9.02. The summed E-state index contributed by atoms with van der Waals surface area (Å²) in [6, 6.07) is 0. The average molecular weight is 184 g/mol. The molecule has 1 aromatic heterocycles. The lowest BCUT2D eigenvalue weighted by Gasteiger charge is -2.05. The first-order valence-electron chi connectivity index (χ1n) is 4.41. The van der Waals surface area contributed by atoms with Gasteiger partial charge in [0.05, 0.1) is 11.8 Å². The molecule has 0 amide bonds. The van der Waals surface area contributed by atoms with Crippen LogP contribution in [0.3, 0.4) is 0 Å². The number of aliphatic hydroxyl groups excluding tert-OH is 1. The quantitative estimate of drug-likeness (QED) is 0.725. The van der Waals surface area contributed by atoms with E-state index < -0.39 is 0 Å². The molecule has 0 unspecified atom stereocenters. The Labute approximate surface area is 77.9 Å². The highest BCUT2D eigenvalue weighted by Gasteiger charge is 2.07. The minimum absolute atomic E-state index is 0.319. The highest BCUT2D eigenvalue weighted by atomic mass is 16.5. The third kappa shape index (κ3) is 2.82. The van der Waals surface area contributed by atoms with Gasteiger partial charge < -0.3 is 14.9 Å². The molecular formula is C9H16N2O2. The third-order valence-electron chi connectivity index (χ3n) is 1.92. The number of aliphatic hydroxyl groups is 1. The predicted octanol–water partition coefficient (Wildman–Crippen LogP) is 0.762. The maximum absolute atomic E-state index is 9.02. The van der Waals surface area contributed by atoms with E-state index in [1.807, 2.05) is 13.8 Å². The number of nitrogens with zero attached hydrogens (tertiary/aromatic N) is 1. The number of aromatic nitrogens is 1. The monoisotopic (exact) mass is 184 g/mol. The molecule has 1 aromatic rings. The molecule has 0 fully saturated rings. The Morgan fingerprint density at radius 3 is 2.69 bits per heavy atom.